The zero-order valence-corrected chi connectivity index (χ0v) is 16.5. The molecule has 0 atom stereocenters. The first-order chi connectivity index (χ1) is 12.4. The number of hydrogen-bond acceptors (Lipinski definition) is 4. The summed E-state index contributed by atoms with van der Waals surface area (Å²) in [6, 6.07) is 17.2. The Labute approximate surface area is 158 Å². The monoisotopic (exact) mass is 381 g/mol. The Morgan fingerprint density at radius 2 is 1.46 bits per heavy atom. The lowest BCUT2D eigenvalue weighted by atomic mass is 10.1. The molecule has 0 fully saturated rings. The molecule has 0 saturated heterocycles. The third kappa shape index (κ3) is 2.81. The molecule has 0 bridgehead atoms. The van der Waals surface area contributed by atoms with Gasteiger partial charge in [0.05, 0.1) is 21.2 Å². The summed E-state index contributed by atoms with van der Waals surface area (Å²) >= 11 is 1.59. The number of nitrogens with one attached hydrogen (secondary N) is 1. The molecule has 0 aliphatic carbocycles. The van der Waals surface area contributed by atoms with E-state index in [0.29, 0.717) is 9.79 Å². The van der Waals surface area contributed by atoms with Crippen molar-refractivity contribution in [3.8, 4) is 0 Å². The molecule has 26 heavy (non-hydrogen) atoms. The number of fused-ring (bicyclic) bond motifs is 2. The average molecular weight is 382 g/mol. The molecule has 3 aromatic carbocycles. The lowest BCUT2D eigenvalue weighted by molar-refractivity contribution is 0.594. The Kier molecular flexibility index (Phi) is 4.09. The fourth-order valence-corrected chi connectivity index (χ4v) is 6.31. The first kappa shape index (κ1) is 17.2. The van der Waals surface area contributed by atoms with E-state index in [0.717, 1.165) is 37.9 Å². The Balaban J connectivity index is 1.81. The van der Waals surface area contributed by atoms with Crippen molar-refractivity contribution < 1.29 is 8.42 Å². The van der Waals surface area contributed by atoms with E-state index in [1.165, 1.54) is 0 Å². The summed E-state index contributed by atoms with van der Waals surface area (Å²) in [4.78, 5) is 2.77. The van der Waals surface area contributed by atoms with Gasteiger partial charge in [0.25, 0.3) is 0 Å². The normalized spacial score (nSPS) is 12.9. The molecule has 132 valence electrons. The van der Waals surface area contributed by atoms with E-state index in [1.54, 1.807) is 23.9 Å². The minimum Gasteiger partial charge on any atom is -0.354 e. The number of hydrogen-bond donors (Lipinski definition) is 1. The number of benzene rings is 3. The second-order valence-corrected chi connectivity index (χ2v) is 9.58. The third-order valence-corrected chi connectivity index (χ3v) is 7.70. The van der Waals surface area contributed by atoms with Crippen LogP contribution in [0, 0.1) is 20.8 Å². The number of para-hydroxylation sites is 1. The first-order valence-electron chi connectivity index (χ1n) is 8.37. The molecule has 0 unspecified atom stereocenters. The van der Waals surface area contributed by atoms with Crippen LogP contribution < -0.4 is 5.32 Å². The average Bonchev–Trinajstić information content (AvgIpc) is 2.58. The minimum absolute atomic E-state index is 0.333. The smallest absolute Gasteiger partial charge is 0.207 e. The Morgan fingerprint density at radius 1 is 0.808 bits per heavy atom. The largest absolute Gasteiger partial charge is 0.354 e. The molecule has 0 saturated carbocycles. The van der Waals surface area contributed by atoms with E-state index in [2.05, 4.69) is 5.32 Å². The summed E-state index contributed by atoms with van der Waals surface area (Å²) < 4.78 is 26.6. The highest BCUT2D eigenvalue weighted by atomic mass is 32.2. The fourth-order valence-electron chi connectivity index (χ4n) is 3.49. The van der Waals surface area contributed by atoms with Gasteiger partial charge in [-0.15, -0.1) is 0 Å². The summed E-state index contributed by atoms with van der Waals surface area (Å²) in [5, 5.41) is 3.37. The Bertz CT molecular complexity index is 1110. The third-order valence-electron chi connectivity index (χ3n) is 4.51. The summed E-state index contributed by atoms with van der Waals surface area (Å²) in [5.41, 5.74) is 4.63. The molecule has 5 heteroatoms. The van der Waals surface area contributed by atoms with Gasteiger partial charge in [-0.3, -0.25) is 0 Å². The summed E-state index contributed by atoms with van der Waals surface area (Å²) in [7, 11) is -3.57. The van der Waals surface area contributed by atoms with E-state index in [-0.39, 0.29) is 0 Å². The van der Waals surface area contributed by atoms with Crippen molar-refractivity contribution in [2.75, 3.05) is 5.32 Å². The fraction of sp³-hybridized carbons (Fsp3) is 0.143. The summed E-state index contributed by atoms with van der Waals surface area (Å²) in [6.07, 6.45) is 0. The molecule has 1 aliphatic rings. The zero-order valence-electron chi connectivity index (χ0n) is 14.8. The van der Waals surface area contributed by atoms with Crippen LogP contribution >= 0.6 is 11.8 Å². The number of aryl methyl sites for hydroxylation is 3. The highest BCUT2D eigenvalue weighted by Gasteiger charge is 2.25. The van der Waals surface area contributed by atoms with Crippen LogP contribution in [0.15, 0.2) is 74.2 Å². The van der Waals surface area contributed by atoms with E-state index in [4.69, 9.17) is 0 Å². The Hall–Kier alpha value is -2.24. The second-order valence-electron chi connectivity index (χ2n) is 6.61. The molecule has 3 aromatic rings. The molecule has 4 rings (SSSR count). The lowest BCUT2D eigenvalue weighted by Crippen LogP contribution is -2.08. The zero-order chi connectivity index (χ0) is 18.5. The van der Waals surface area contributed by atoms with E-state index in [9.17, 15) is 8.42 Å². The molecule has 1 heterocycles. The van der Waals surface area contributed by atoms with Crippen molar-refractivity contribution in [2.45, 2.75) is 40.4 Å². The predicted octanol–water partition coefficient (Wildman–Crippen LogP) is 5.65. The number of anilines is 2. The van der Waals surface area contributed by atoms with Crippen LogP contribution in [-0.2, 0) is 9.84 Å². The second kappa shape index (κ2) is 6.18. The van der Waals surface area contributed by atoms with Crippen molar-refractivity contribution in [3.63, 3.8) is 0 Å². The van der Waals surface area contributed by atoms with Gasteiger partial charge in [-0.1, -0.05) is 41.6 Å². The van der Waals surface area contributed by atoms with E-state index >= 15 is 0 Å². The van der Waals surface area contributed by atoms with Gasteiger partial charge in [0, 0.05) is 9.79 Å². The van der Waals surface area contributed by atoms with Crippen LogP contribution in [0.4, 0.5) is 11.4 Å². The quantitative estimate of drug-likeness (QED) is 0.487. The van der Waals surface area contributed by atoms with Gasteiger partial charge in [-0.2, -0.15) is 0 Å². The van der Waals surface area contributed by atoms with Gasteiger partial charge in [-0.05, 0) is 62.2 Å². The highest BCUT2D eigenvalue weighted by molar-refractivity contribution is 7.99. The van der Waals surface area contributed by atoms with Crippen LogP contribution in [0.3, 0.4) is 0 Å². The molecule has 1 N–H and O–H groups in total. The standard InChI is InChI=1S/C21H19NO2S2/c1-13-10-14(2)21(15(3)11-13)26(23,24)16-8-9-18-20(12-16)25-19-7-5-4-6-17(19)22-18/h4-12,22H,1-3H3. The van der Waals surface area contributed by atoms with Crippen molar-refractivity contribution in [3.05, 3.63) is 71.3 Å². The van der Waals surface area contributed by atoms with Crippen LogP contribution in [0.25, 0.3) is 0 Å². The van der Waals surface area contributed by atoms with Crippen LogP contribution in [0.1, 0.15) is 16.7 Å². The summed E-state index contributed by atoms with van der Waals surface area (Å²) in [5.74, 6) is 0. The predicted molar refractivity (Wildman–Crippen MR) is 106 cm³/mol. The van der Waals surface area contributed by atoms with E-state index in [1.807, 2.05) is 63.2 Å². The maximum absolute atomic E-state index is 13.3. The van der Waals surface area contributed by atoms with Gasteiger partial charge in [0.1, 0.15) is 0 Å². The van der Waals surface area contributed by atoms with Crippen molar-refractivity contribution in [1.82, 2.24) is 0 Å². The molecule has 1 aliphatic heterocycles. The summed E-state index contributed by atoms with van der Waals surface area (Å²) in [6.45, 7) is 5.70. The molecular weight excluding hydrogens is 362 g/mol. The topological polar surface area (TPSA) is 46.2 Å². The minimum atomic E-state index is -3.57. The van der Waals surface area contributed by atoms with Gasteiger partial charge in [0.15, 0.2) is 0 Å². The van der Waals surface area contributed by atoms with Gasteiger partial charge in [0.2, 0.25) is 9.84 Å². The van der Waals surface area contributed by atoms with Gasteiger partial charge < -0.3 is 5.32 Å². The molecule has 0 aromatic heterocycles. The maximum Gasteiger partial charge on any atom is 0.207 e. The SMILES string of the molecule is Cc1cc(C)c(S(=O)(=O)c2ccc3c(c2)Sc2ccccc2N3)c(C)c1. The lowest BCUT2D eigenvalue weighted by Gasteiger charge is -2.21. The Morgan fingerprint density at radius 3 is 2.19 bits per heavy atom. The van der Waals surface area contributed by atoms with E-state index < -0.39 is 9.84 Å². The molecule has 3 nitrogen and oxygen atoms in total. The van der Waals surface area contributed by atoms with Crippen LogP contribution in [0.5, 0.6) is 0 Å². The molecule has 0 amide bonds. The number of rotatable bonds is 2. The number of sulfone groups is 1. The first-order valence-corrected chi connectivity index (χ1v) is 10.7. The molecule has 0 spiro atoms. The highest BCUT2D eigenvalue weighted by Crippen LogP contribution is 2.45. The van der Waals surface area contributed by atoms with Gasteiger partial charge in [-0.25, -0.2) is 8.42 Å². The van der Waals surface area contributed by atoms with Crippen molar-refractivity contribution in [2.24, 2.45) is 0 Å². The molecule has 0 radical (unpaired) electrons. The van der Waals surface area contributed by atoms with Gasteiger partial charge >= 0.3 is 0 Å². The van der Waals surface area contributed by atoms with Crippen molar-refractivity contribution in [1.29, 1.82) is 0 Å². The van der Waals surface area contributed by atoms with Crippen LogP contribution in [-0.4, -0.2) is 8.42 Å². The van der Waals surface area contributed by atoms with Crippen molar-refractivity contribution >= 4 is 33.0 Å². The molecular formula is C21H19NO2S2. The van der Waals surface area contributed by atoms with Crippen LogP contribution in [0.2, 0.25) is 0 Å². The maximum atomic E-state index is 13.3.